The van der Waals surface area contributed by atoms with Crippen molar-refractivity contribution in [3.8, 4) is 0 Å². The standard InChI is InChI=1S/C9H17IN2O/c1-7(2)9(13-3)6-12-5-8(10)4-11/h4-5,7,9H,6,11H2,1-3H3. The Morgan fingerprint density at radius 3 is 2.62 bits per heavy atom. The first kappa shape index (κ1) is 12.9. The molecule has 0 aliphatic carbocycles. The summed E-state index contributed by atoms with van der Waals surface area (Å²) in [5, 5.41) is 0. The normalized spacial score (nSPS) is 15.6. The minimum absolute atomic E-state index is 0.193. The topological polar surface area (TPSA) is 47.6 Å². The SMILES string of the molecule is COC(CN=CC(I)=CN)C(C)C. The summed E-state index contributed by atoms with van der Waals surface area (Å²) >= 11 is 2.13. The first-order valence-electron chi connectivity index (χ1n) is 4.21. The number of aliphatic imine (C=N–C) groups is 1. The van der Waals surface area contributed by atoms with E-state index in [1.807, 2.05) is 0 Å². The van der Waals surface area contributed by atoms with E-state index in [4.69, 9.17) is 10.5 Å². The molecule has 0 saturated heterocycles. The molecule has 0 heterocycles. The third-order valence-electron chi connectivity index (χ3n) is 1.71. The van der Waals surface area contributed by atoms with Gasteiger partial charge in [-0.1, -0.05) is 13.8 Å². The maximum atomic E-state index is 5.29. The van der Waals surface area contributed by atoms with Crippen molar-refractivity contribution >= 4 is 28.8 Å². The second kappa shape index (κ2) is 7.32. The fourth-order valence-corrected chi connectivity index (χ4v) is 1.04. The quantitative estimate of drug-likeness (QED) is 0.623. The van der Waals surface area contributed by atoms with E-state index in [1.54, 1.807) is 13.3 Å². The highest BCUT2D eigenvalue weighted by atomic mass is 127. The molecule has 0 rings (SSSR count). The van der Waals surface area contributed by atoms with Crippen molar-refractivity contribution in [3.63, 3.8) is 0 Å². The second-order valence-corrected chi connectivity index (χ2v) is 4.31. The number of rotatable bonds is 5. The van der Waals surface area contributed by atoms with Gasteiger partial charge in [-0.15, -0.1) is 0 Å². The molecule has 0 radical (unpaired) electrons. The van der Waals surface area contributed by atoms with Crippen LogP contribution in [-0.2, 0) is 4.74 Å². The van der Waals surface area contributed by atoms with Crippen LogP contribution in [0.3, 0.4) is 0 Å². The highest BCUT2D eigenvalue weighted by Gasteiger charge is 2.09. The largest absolute Gasteiger partial charge is 0.404 e. The highest BCUT2D eigenvalue weighted by Crippen LogP contribution is 2.06. The van der Waals surface area contributed by atoms with Gasteiger partial charge in [-0.2, -0.15) is 0 Å². The molecule has 0 aromatic carbocycles. The van der Waals surface area contributed by atoms with E-state index in [2.05, 4.69) is 41.4 Å². The fourth-order valence-electron chi connectivity index (χ4n) is 0.844. The van der Waals surface area contributed by atoms with Crippen molar-refractivity contribution in [3.05, 3.63) is 9.78 Å². The van der Waals surface area contributed by atoms with Gasteiger partial charge in [0.1, 0.15) is 0 Å². The predicted molar refractivity (Wildman–Crippen MR) is 65.3 cm³/mol. The molecule has 1 unspecified atom stereocenters. The van der Waals surface area contributed by atoms with E-state index in [0.717, 1.165) is 3.58 Å². The Morgan fingerprint density at radius 1 is 1.62 bits per heavy atom. The summed E-state index contributed by atoms with van der Waals surface area (Å²) in [6.45, 7) is 4.93. The summed E-state index contributed by atoms with van der Waals surface area (Å²) in [6.07, 6.45) is 3.48. The van der Waals surface area contributed by atoms with Crippen LogP contribution in [0.15, 0.2) is 14.8 Å². The lowest BCUT2D eigenvalue weighted by atomic mass is 10.1. The lowest BCUT2D eigenvalue weighted by Gasteiger charge is -2.16. The Morgan fingerprint density at radius 2 is 2.23 bits per heavy atom. The van der Waals surface area contributed by atoms with Crippen molar-refractivity contribution in [2.75, 3.05) is 13.7 Å². The average Bonchev–Trinajstić information content (AvgIpc) is 2.11. The van der Waals surface area contributed by atoms with E-state index in [1.165, 1.54) is 6.20 Å². The summed E-state index contributed by atoms with van der Waals surface area (Å²) in [5.41, 5.74) is 5.29. The number of nitrogens with zero attached hydrogens (tertiary/aromatic N) is 1. The van der Waals surface area contributed by atoms with Crippen LogP contribution in [0.25, 0.3) is 0 Å². The molecule has 0 bridgehead atoms. The van der Waals surface area contributed by atoms with Gasteiger partial charge < -0.3 is 10.5 Å². The molecule has 3 nitrogen and oxygen atoms in total. The smallest absolute Gasteiger partial charge is 0.0789 e. The molecular formula is C9H17IN2O. The van der Waals surface area contributed by atoms with Crippen molar-refractivity contribution in [1.82, 2.24) is 0 Å². The van der Waals surface area contributed by atoms with Gasteiger partial charge in [-0.25, -0.2) is 0 Å². The van der Waals surface area contributed by atoms with Gasteiger partial charge in [0.2, 0.25) is 0 Å². The second-order valence-electron chi connectivity index (χ2n) is 3.06. The van der Waals surface area contributed by atoms with Gasteiger partial charge in [0, 0.05) is 23.1 Å². The molecule has 0 spiro atoms. The summed E-state index contributed by atoms with van der Waals surface area (Å²) < 4.78 is 6.20. The van der Waals surface area contributed by atoms with Crippen LogP contribution in [0.5, 0.6) is 0 Å². The summed E-state index contributed by atoms with van der Waals surface area (Å²) in [6, 6.07) is 0. The van der Waals surface area contributed by atoms with E-state index >= 15 is 0 Å². The summed E-state index contributed by atoms with van der Waals surface area (Å²) in [7, 11) is 1.71. The first-order chi connectivity index (χ1) is 6.11. The van der Waals surface area contributed by atoms with Crippen LogP contribution >= 0.6 is 22.6 Å². The average molecular weight is 296 g/mol. The van der Waals surface area contributed by atoms with E-state index in [-0.39, 0.29) is 6.10 Å². The van der Waals surface area contributed by atoms with Crippen LogP contribution < -0.4 is 5.73 Å². The van der Waals surface area contributed by atoms with Crippen molar-refractivity contribution in [2.24, 2.45) is 16.6 Å². The first-order valence-corrected chi connectivity index (χ1v) is 5.29. The van der Waals surface area contributed by atoms with Gasteiger partial charge in [0.05, 0.1) is 12.6 Å². The molecule has 0 aromatic rings. The van der Waals surface area contributed by atoms with Gasteiger partial charge in [0.15, 0.2) is 0 Å². The Bertz CT molecular complexity index is 190. The van der Waals surface area contributed by atoms with Crippen LogP contribution in [0.1, 0.15) is 13.8 Å². The molecule has 13 heavy (non-hydrogen) atoms. The third kappa shape index (κ3) is 6.04. The van der Waals surface area contributed by atoms with Gasteiger partial charge in [0.25, 0.3) is 0 Å². The van der Waals surface area contributed by atoms with Crippen molar-refractivity contribution in [1.29, 1.82) is 0 Å². The van der Waals surface area contributed by atoms with Gasteiger partial charge in [-0.3, -0.25) is 4.99 Å². The summed E-state index contributed by atoms with van der Waals surface area (Å²) in [4.78, 5) is 4.23. The van der Waals surface area contributed by atoms with E-state index in [0.29, 0.717) is 12.5 Å². The lowest BCUT2D eigenvalue weighted by molar-refractivity contribution is 0.0726. The molecule has 0 amide bonds. The molecule has 0 aliphatic rings. The van der Waals surface area contributed by atoms with Crippen LogP contribution in [0, 0.1) is 5.92 Å². The van der Waals surface area contributed by atoms with E-state index < -0.39 is 0 Å². The van der Waals surface area contributed by atoms with Crippen LogP contribution in [-0.4, -0.2) is 26.0 Å². The molecule has 0 fully saturated rings. The van der Waals surface area contributed by atoms with Crippen LogP contribution in [0.4, 0.5) is 0 Å². The zero-order valence-electron chi connectivity index (χ0n) is 8.33. The number of allylic oxidation sites excluding steroid dienone is 1. The number of halogens is 1. The predicted octanol–water partition coefficient (Wildman–Crippen LogP) is 1.96. The molecule has 0 saturated carbocycles. The zero-order chi connectivity index (χ0) is 10.3. The maximum Gasteiger partial charge on any atom is 0.0789 e. The molecule has 76 valence electrons. The molecule has 0 aliphatic heterocycles. The number of methoxy groups -OCH3 is 1. The Balaban J connectivity index is 3.91. The third-order valence-corrected chi connectivity index (χ3v) is 2.34. The summed E-state index contributed by atoms with van der Waals surface area (Å²) in [5.74, 6) is 0.488. The molecule has 2 N–H and O–H groups in total. The highest BCUT2D eigenvalue weighted by molar-refractivity contribution is 14.1. The number of ether oxygens (including phenoxy) is 1. The Hall–Kier alpha value is -0.100. The number of hydrogen-bond acceptors (Lipinski definition) is 3. The van der Waals surface area contributed by atoms with Crippen molar-refractivity contribution in [2.45, 2.75) is 20.0 Å². The Kier molecular flexibility index (Phi) is 7.26. The van der Waals surface area contributed by atoms with E-state index in [9.17, 15) is 0 Å². The molecule has 4 heteroatoms. The lowest BCUT2D eigenvalue weighted by Crippen LogP contribution is -2.21. The Labute approximate surface area is 93.6 Å². The van der Waals surface area contributed by atoms with Gasteiger partial charge >= 0.3 is 0 Å². The monoisotopic (exact) mass is 296 g/mol. The maximum absolute atomic E-state index is 5.29. The number of nitrogens with two attached hydrogens (primary N) is 1. The van der Waals surface area contributed by atoms with Crippen LogP contribution in [0.2, 0.25) is 0 Å². The number of hydrogen-bond donors (Lipinski definition) is 1. The molecule has 0 aromatic heterocycles. The van der Waals surface area contributed by atoms with Crippen molar-refractivity contribution < 1.29 is 4.74 Å². The fraction of sp³-hybridized carbons (Fsp3) is 0.667. The minimum atomic E-state index is 0.193. The van der Waals surface area contributed by atoms with Gasteiger partial charge in [-0.05, 0) is 28.5 Å². The zero-order valence-corrected chi connectivity index (χ0v) is 10.5. The molecular weight excluding hydrogens is 279 g/mol. The molecule has 1 atom stereocenters. The minimum Gasteiger partial charge on any atom is -0.404 e.